The molecule has 0 bridgehead atoms. The monoisotopic (exact) mass is 236 g/mol. The number of alkyl halides is 1. The highest BCUT2D eigenvalue weighted by Gasteiger charge is 2.26. The van der Waals surface area contributed by atoms with E-state index in [0.29, 0.717) is 6.54 Å². The van der Waals surface area contributed by atoms with E-state index in [2.05, 4.69) is 11.9 Å². The SMILES string of the molecule is CN1CCC(C(F)c2cccc(CN)c2)CC1. The summed E-state index contributed by atoms with van der Waals surface area (Å²) in [5.74, 6) is 0.166. The van der Waals surface area contributed by atoms with Gasteiger partial charge >= 0.3 is 0 Å². The lowest BCUT2D eigenvalue weighted by molar-refractivity contribution is 0.137. The van der Waals surface area contributed by atoms with Crippen LogP contribution in [0.1, 0.15) is 30.1 Å². The molecule has 0 aromatic heterocycles. The van der Waals surface area contributed by atoms with Crippen LogP contribution in [0.15, 0.2) is 24.3 Å². The van der Waals surface area contributed by atoms with Gasteiger partial charge in [0.05, 0.1) is 0 Å². The molecule has 0 aliphatic carbocycles. The van der Waals surface area contributed by atoms with Crippen LogP contribution in [0.3, 0.4) is 0 Å². The third-order valence-corrected chi connectivity index (χ3v) is 3.68. The second-order valence-electron chi connectivity index (χ2n) is 4.99. The van der Waals surface area contributed by atoms with Gasteiger partial charge in [0, 0.05) is 6.54 Å². The Morgan fingerprint density at radius 1 is 1.41 bits per heavy atom. The molecule has 94 valence electrons. The van der Waals surface area contributed by atoms with Gasteiger partial charge in [0.25, 0.3) is 0 Å². The maximum Gasteiger partial charge on any atom is 0.128 e. The Balaban J connectivity index is 2.05. The van der Waals surface area contributed by atoms with Crippen LogP contribution in [-0.4, -0.2) is 25.0 Å². The smallest absolute Gasteiger partial charge is 0.128 e. The van der Waals surface area contributed by atoms with Gasteiger partial charge in [-0.15, -0.1) is 0 Å². The molecule has 1 aliphatic heterocycles. The van der Waals surface area contributed by atoms with Crippen molar-refractivity contribution in [1.82, 2.24) is 4.90 Å². The molecule has 0 spiro atoms. The van der Waals surface area contributed by atoms with Crippen LogP contribution in [0.5, 0.6) is 0 Å². The van der Waals surface area contributed by atoms with Gasteiger partial charge in [0.1, 0.15) is 6.17 Å². The zero-order chi connectivity index (χ0) is 12.3. The summed E-state index contributed by atoms with van der Waals surface area (Å²) < 4.78 is 14.4. The number of halogens is 1. The highest BCUT2D eigenvalue weighted by Crippen LogP contribution is 2.33. The Labute approximate surface area is 103 Å². The number of piperidine rings is 1. The normalized spacial score (nSPS) is 20.4. The fraction of sp³-hybridized carbons (Fsp3) is 0.571. The number of likely N-dealkylation sites (tertiary alicyclic amines) is 1. The molecule has 3 heteroatoms. The van der Waals surface area contributed by atoms with Crippen molar-refractivity contribution in [3.63, 3.8) is 0 Å². The first-order valence-electron chi connectivity index (χ1n) is 6.32. The summed E-state index contributed by atoms with van der Waals surface area (Å²) in [5.41, 5.74) is 7.39. The largest absolute Gasteiger partial charge is 0.326 e. The van der Waals surface area contributed by atoms with Gasteiger partial charge in [0.2, 0.25) is 0 Å². The van der Waals surface area contributed by atoms with Crippen molar-refractivity contribution in [3.8, 4) is 0 Å². The standard InChI is InChI=1S/C14H21FN2/c1-17-7-5-12(6-8-17)14(15)13-4-2-3-11(9-13)10-16/h2-4,9,12,14H,5-8,10,16H2,1H3. The quantitative estimate of drug-likeness (QED) is 0.873. The van der Waals surface area contributed by atoms with E-state index in [1.807, 2.05) is 24.3 Å². The minimum Gasteiger partial charge on any atom is -0.326 e. The molecule has 1 fully saturated rings. The van der Waals surface area contributed by atoms with E-state index in [1.54, 1.807) is 0 Å². The van der Waals surface area contributed by atoms with Gasteiger partial charge in [-0.2, -0.15) is 0 Å². The summed E-state index contributed by atoms with van der Waals surface area (Å²) >= 11 is 0. The van der Waals surface area contributed by atoms with E-state index in [1.165, 1.54) is 0 Å². The molecule has 2 nitrogen and oxygen atoms in total. The fourth-order valence-electron chi connectivity index (χ4n) is 2.49. The molecule has 0 amide bonds. The van der Waals surface area contributed by atoms with Crippen LogP contribution >= 0.6 is 0 Å². The highest BCUT2D eigenvalue weighted by atomic mass is 19.1. The zero-order valence-electron chi connectivity index (χ0n) is 10.4. The number of benzene rings is 1. The predicted octanol–water partition coefficient (Wildman–Crippen LogP) is 2.50. The first-order chi connectivity index (χ1) is 8.20. The van der Waals surface area contributed by atoms with Crippen LogP contribution in [-0.2, 0) is 6.54 Å². The molecular formula is C14H21FN2. The Kier molecular flexibility index (Phi) is 4.13. The first-order valence-corrected chi connectivity index (χ1v) is 6.32. The van der Waals surface area contributed by atoms with Crippen molar-refractivity contribution in [2.45, 2.75) is 25.6 Å². The average Bonchev–Trinajstić information content (AvgIpc) is 2.39. The third-order valence-electron chi connectivity index (χ3n) is 3.68. The van der Waals surface area contributed by atoms with Crippen LogP contribution in [0, 0.1) is 5.92 Å². The van der Waals surface area contributed by atoms with Gasteiger partial charge in [-0.3, -0.25) is 0 Å². The van der Waals surface area contributed by atoms with Crippen LogP contribution in [0.4, 0.5) is 4.39 Å². The van der Waals surface area contributed by atoms with Crippen LogP contribution in [0.2, 0.25) is 0 Å². The Morgan fingerprint density at radius 2 is 2.12 bits per heavy atom. The molecule has 17 heavy (non-hydrogen) atoms. The predicted molar refractivity (Wildman–Crippen MR) is 68.4 cm³/mol. The lowest BCUT2D eigenvalue weighted by Crippen LogP contribution is -2.31. The molecule has 1 saturated heterocycles. The van der Waals surface area contributed by atoms with E-state index in [0.717, 1.165) is 37.1 Å². The van der Waals surface area contributed by atoms with E-state index in [9.17, 15) is 4.39 Å². The molecule has 2 N–H and O–H groups in total. The van der Waals surface area contributed by atoms with E-state index in [-0.39, 0.29) is 5.92 Å². The van der Waals surface area contributed by atoms with E-state index in [4.69, 9.17) is 5.73 Å². The van der Waals surface area contributed by atoms with Crippen LogP contribution in [0.25, 0.3) is 0 Å². The van der Waals surface area contributed by atoms with Crippen LogP contribution < -0.4 is 5.73 Å². The number of hydrogen-bond donors (Lipinski definition) is 1. The molecule has 1 heterocycles. The zero-order valence-corrected chi connectivity index (χ0v) is 10.4. The van der Waals surface area contributed by atoms with Crippen molar-refractivity contribution in [1.29, 1.82) is 0 Å². The summed E-state index contributed by atoms with van der Waals surface area (Å²) in [7, 11) is 2.10. The number of nitrogens with two attached hydrogens (primary N) is 1. The fourth-order valence-corrected chi connectivity index (χ4v) is 2.49. The van der Waals surface area contributed by atoms with Crippen molar-refractivity contribution < 1.29 is 4.39 Å². The second-order valence-corrected chi connectivity index (χ2v) is 4.99. The van der Waals surface area contributed by atoms with Crippen molar-refractivity contribution in [2.75, 3.05) is 20.1 Å². The van der Waals surface area contributed by atoms with Gasteiger partial charge in [-0.25, -0.2) is 4.39 Å². The number of hydrogen-bond acceptors (Lipinski definition) is 2. The summed E-state index contributed by atoms with van der Waals surface area (Å²) in [4.78, 5) is 2.26. The summed E-state index contributed by atoms with van der Waals surface area (Å²) in [6, 6.07) is 7.63. The molecule has 1 aromatic carbocycles. The minimum atomic E-state index is -0.838. The molecule has 0 radical (unpaired) electrons. The average molecular weight is 236 g/mol. The summed E-state index contributed by atoms with van der Waals surface area (Å²) in [5, 5.41) is 0. The topological polar surface area (TPSA) is 29.3 Å². The first kappa shape index (κ1) is 12.5. The number of rotatable bonds is 3. The maximum absolute atomic E-state index is 14.4. The summed E-state index contributed by atoms with van der Waals surface area (Å²) in [6.45, 7) is 2.48. The lowest BCUT2D eigenvalue weighted by Gasteiger charge is -2.31. The third kappa shape index (κ3) is 3.05. The number of nitrogens with zero attached hydrogens (tertiary/aromatic N) is 1. The molecule has 0 saturated carbocycles. The van der Waals surface area contributed by atoms with Gasteiger partial charge < -0.3 is 10.6 Å². The second kappa shape index (κ2) is 5.61. The van der Waals surface area contributed by atoms with Gasteiger partial charge in [-0.1, -0.05) is 24.3 Å². The molecular weight excluding hydrogens is 215 g/mol. The molecule has 1 unspecified atom stereocenters. The Morgan fingerprint density at radius 3 is 2.76 bits per heavy atom. The summed E-state index contributed by atoms with van der Waals surface area (Å²) in [6.07, 6.45) is 1.06. The van der Waals surface area contributed by atoms with Crippen molar-refractivity contribution in [3.05, 3.63) is 35.4 Å². The lowest BCUT2D eigenvalue weighted by atomic mass is 9.88. The molecule has 1 aromatic rings. The Bertz CT molecular complexity index is 359. The maximum atomic E-state index is 14.4. The van der Waals surface area contributed by atoms with Gasteiger partial charge in [-0.05, 0) is 50.0 Å². The van der Waals surface area contributed by atoms with Gasteiger partial charge in [0.15, 0.2) is 0 Å². The van der Waals surface area contributed by atoms with E-state index >= 15 is 0 Å². The molecule has 1 aliphatic rings. The van der Waals surface area contributed by atoms with Crippen molar-refractivity contribution >= 4 is 0 Å². The minimum absolute atomic E-state index is 0.166. The molecule has 1 atom stereocenters. The van der Waals surface area contributed by atoms with Crippen molar-refractivity contribution in [2.24, 2.45) is 11.7 Å². The highest BCUT2D eigenvalue weighted by molar-refractivity contribution is 5.25. The molecule has 2 rings (SSSR count). The van der Waals surface area contributed by atoms with E-state index < -0.39 is 6.17 Å². The Hall–Kier alpha value is -0.930.